The molecule has 0 fully saturated rings. The summed E-state index contributed by atoms with van der Waals surface area (Å²) in [6.07, 6.45) is 0. The van der Waals surface area contributed by atoms with Crippen LogP contribution in [0, 0.1) is 0 Å². The molecule has 0 aromatic carbocycles. The predicted octanol–water partition coefficient (Wildman–Crippen LogP) is 2.56. The van der Waals surface area contributed by atoms with Gasteiger partial charge in [0.1, 0.15) is 0 Å². The molecule has 0 unspecified atom stereocenters. The zero-order valence-corrected chi connectivity index (χ0v) is 7.67. The van der Waals surface area contributed by atoms with Gasteiger partial charge in [-0.15, -0.1) is 11.8 Å². The van der Waals surface area contributed by atoms with Crippen LogP contribution in [-0.4, -0.2) is 16.8 Å². The van der Waals surface area contributed by atoms with Crippen LogP contribution in [0.25, 0.3) is 0 Å². The molecule has 0 radical (unpaired) electrons. The topological polar surface area (TPSA) is 37.3 Å². The van der Waals surface area contributed by atoms with Crippen molar-refractivity contribution in [2.75, 3.05) is 5.75 Å². The number of carboxylic acid groups (broad SMARTS) is 1. The molecule has 4 heteroatoms. The molecular weight excluding hydrogens is 180 g/mol. The van der Waals surface area contributed by atoms with Crippen molar-refractivity contribution >= 4 is 29.1 Å². The van der Waals surface area contributed by atoms with Gasteiger partial charge in [0.05, 0.1) is 5.56 Å². The largest absolute Gasteiger partial charge is 0.478 e. The lowest BCUT2D eigenvalue weighted by atomic mass is 10.3. The lowest BCUT2D eigenvalue weighted by Gasteiger charge is -1.94. The van der Waals surface area contributed by atoms with Gasteiger partial charge in [-0.25, -0.2) is 4.79 Å². The minimum absolute atomic E-state index is 0.432. The molecule has 0 amide bonds. The van der Waals surface area contributed by atoms with Crippen LogP contribution in [0.4, 0.5) is 0 Å². The minimum Gasteiger partial charge on any atom is -0.478 e. The van der Waals surface area contributed by atoms with Gasteiger partial charge in [0, 0.05) is 15.7 Å². The predicted molar refractivity (Wildman–Crippen MR) is 47.7 cm³/mol. The Bertz CT molecular complexity index is 255. The van der Waals surface area contributed by atoms with Crippen LogP contribution >= 0.6 is 23.1 Å². The van der Waals surface area contributed by atoms with E-state index >= 15 is 0 Å². The molecule has 0 aliphatic carbocycles. The molecule has 1 aromatic rings. The second kappa shape index (κ2) is 3.78. The summed E-state index contributed by atoms with van der Waals surface area (Å²) in [6.45, 7) is 2.01. The van der Waals surface area contributed by atoms with E-state index in [0.717, 1.165) is 10.6 Å². The van der Waals surface area contributed by atoms with E-state index in [9.17, 15) is 4.79 Å². The Balaban J connectivity index is 2.87. The first kappa shape index (κ1) is 8.62. The van der Waals surface area contributed by atoms with E-state index in [1.165, 1.54) is 11.3 Å². The molecule has 11 heavy (non-hydrogen) atoms. The van der Waals surface area contributed by atoms with Crippen molar-refractivity contribution in [3.63, 3.8) is 0 Å². The Morgan fingerprint density at radius 3 is 3.00 bits per heavy atom. The van der Waals surface area contributed by atoms with Crippen molar-refractivity contribution in [2.24, 2.45) is 0 Å². The number of hydrogen-bond acceptors (Lipinski definition) is 3. The molecule has 1 aromatic heterocycles. The SMILES string of the molecule is CCSc1cscc1C(=O)O. The van der Waals surface area contributed by atoms with Gasteiger partial charge in [0.25, 0.3) is 0 Å². The number of thioether (sulfide) groups is 1. The molecule has 0 bridgehead atoms. The van der Waals surface area contributed by atoms with Crippen LogP contribution in [0.15, 0.2) is 15.7 Å². The van der Waals surface area contributed by atoms with Crippen LogP contribution in [0.3, 0.4) is 0 Å². The molecule has 0 atom stereocenters. The Kier molecular flexibility index (Phi) is 2.96. The Morgan fingerprint density at radius 1 is 1.73 bits per heavy atom. The lowest BCUT2D eigenvalue weighted by Crippen LogP contribution is -1.94. The quantitative estimate of drug-likeness (QED) is 0.741. The van der Waals surface area contributed by atoms with Crippen LogP contribution in [0.5, 0.6) is 0 Å². The lowest BCUT2D eigenvalue weighted by molar-refractivity contribution is 0.0694. The first-order valence-electron chi connectivity index (χ1n) is 3.18. The fraction of sp³-hybridized carbons (Fsp3) is 0.286. The van der Waals surface area contributed by atoms with Crippen LogP contribution in [0.1, 0.15) is 17.3 Å². The number of carboxylic acids is 1. The normalized spacial score (nSPS) is 9.91. The van der Waals surface area contributed by atoms with Crippen LogP contribution < -0.4 is 0 Å². The summed E-state index contributed by atoms with van der Waals surface area (Å²) in [4.78, 5) is 11.4. The molecule has 1 N–H and O–H groups in total. The Morgan fingerprint density at radius 2 is 2.45 bits per heavy atom. The molecule has 0 aliphatic heterocycles. The summed E-state index contributed by atoms with van der Waals surface area (Å²) in [5.74, 6) is 0.0824. The van der Waals surface area contributed by atoms with E-state index in [0.29, 0.717) is 5.56 Å². The molecular formula is C7H8O2S2. The number of aromatic carboxylic acids is 1. The highest BCUT2D eigenvalue weighted by Gasteiger charge is 2.09. The Hall–Kier alpha value is -0.480. The van der Waals surface area contributed by atoms with Gasteiger partial charge in [-0.3, -0.25) is 0 Å². The van der Waals surface area contributed by atoms with Gasteiger partial charge in [-0.1, -0.05) is 6.92 Å². The molecule has 2 nitrogen and oxygen atoms in total. The average molecular weight is 188 g/mol. The summed E-state index contributed by atoms with van der Waals surface area (Å²) in [5, 5.41) is 12.2. The summed E-state index contributed by atoms with van der Waals surface area (Å²) in [5.41, 5.74) is 0.432. The van der Waals surface area contributed by atoms with Gasteiger partial charge in [-0.05, 0) is 5.75 Å². The summed E-state index contributed by atoms with van der Waals surface area (Å²) in [7, 11) is 0. The maximum absolute atomic E-state index is 10.6. The third-order valence-corrected chi connectivity index (χ3v) is 2.99. The smallest absolute Gasteiger partial charge is 0.337 e. The number of carbonyl (C=O) groups is 1. The van der Waals surface area contributed by atoms with Crippen molar-refractivity contribution in [2.45, 2.75) is 11.8 Å². The highest BCUT2D eigenvalue weighted by molar-refractivity contribution is 7.99. The number of thiophene rings is 1. The third kappa shape index (κ3) is 1.97. The molecule has 0 spiro atoms. The zero-order chi connectivity index (χ0) is 8.27. The molecule has 0 saturated carbocycles. The third-order valence-electron chi connectivity index (χ3n) is 1.16. The highest BCUT2D eigenvalue weighted by atomic mass is 32.2. The fourth-order valence-corrected chi connectivity index (χ4v) is 2.52. The maximum Gasteiger partial charge on any atom is 0.337 e. The minimum atomic E-state index is -0.831. The molecule has 1 rings (SSSR count). The summed E-state index contributed by atoms with van der Waals surface area (Å²) < 4.78 is 0. The van der Waals surface area contributed by atoms with Crippen LogP contribution in [0.2, 0.25) is 0 Å². The van der Waals surface area contributed by atoms with E-state index < -0.39 is 5.97 Å². The van der Waals surface area contributed by atoms with Crippen molar-refractivity contribution in [3.8, 4) is 0 Å². The van der Waals surface area contributed by atoms with Gasteiger partial charge >= 0.3 is 5.97 Å². The van der Waals surface area contributed by atoms with Gasteiger partial charge in [0.2, 0.25) is 0 Å². The van der Waals surface area contributed by atoms with E-state index in [2.05, 4.69) is 0 Å². The first-order chi connectivity index (χ1) is 5.25. The standard InChI is InChI=1S/C7H8O2S2/c1-2-11-6-4-10-3-5(6)7(8)9/h3-4H,2H2,1H3,(H,8,9). The van der Waals surface area contributed by atoms with Crippen molar-refractivity contribution in [3.05, 3.63) is 16.3 Å². The molecule has 60 valence electrons. The maximum atomic E-state index is 10.6. The summed E-state index contributed by atoms with van der Waals surface area (Å²) >= 11 is 3.00. The van der Waals surface area contributed by atoms with Crippen molar-refractivity contribution in [1.29, 1.82) is 0 Å². The monoisotopic (exact) mass is 188 g/mol. The number of hydrogen-bond donors (Lipinski definition) is 1. The van der Waals surface area contributed by atoms with Gasteiger partial charge in [-0.2, -0.15) is 11.3 Å². The molecule has 1 heterocycles. The first-order valence-corrected chi connectivity index (χ1v) is 5.10. The second-order valence-electron chi connectivity index (χ2n) is 1.89. The van der Waals surface area contributed by atoms with E-state index in [1.807, 2.05) is 12.3 Å². The highest BCUT2D eigenvalue weighted by Crippen LogP contribution is 2.25. The van der Waals surface area contributed by atoms with Crippen LogP contribution in [-0.2, 0) is 0 Å². The summed E-state index contributed by atoms with van der Waals surface area (Å²) in [6, 6.07) is 0. The number of rotatable bonds is 3. The van der Waals surface area contributed by atoms with Crippen molar-refractivity contribution < 1.29 is 9.90 Å². The fourth-order valence-electron chi connectivity index (χ4n) is 0.708. The van der Waals surface area contributed by atoms with E-state index in [1.54, 1.807) is 17.1 Å². The van der Waals surface area contributed by atoms with Crippen molar-refractivity contribution in [1.82, 2.24) is 0 Å². The van der Waals surface area contributed by atoms with E-state index in [4.69, 9.17) is 5.11 Å². The average Bonchev–Trinajstić information content (AvgIpc) is 2.36. The molecule has 0 saturated heterocycles. The zero-order valence-electron chi connectivity index (χ0n) is 6.03. The second-order valence-corrected chi connectivity index (χ2v) is 3.94. The Labute approximate surface area is 73.2 Å². The van der Waals surface area contributed by atoms with Gasteiger partial charge < -0.3 is 5.11 Å². The van der Waals surface area contributed by atoms with Gasteiger partial charge in [0.15, 0.2) is 0 Å². The molecule has 0 aliphatic rings. The van der Waals surface area contributed by atoms with E-state index in [-0.39, 0.29) is 0 Å².